The molecule has 3 heterocycles. The highest BCUT2D eigenvalue weighted by atomic mass is 16.1. The number of rotatable bonds is 5. The van der Waals surface area contributed by atoms with Crippen LogP contribution in [-0.4, -0.2) is 56.5 Å². The van der Waals surface area contributed by atoms with Crippen LogP contribution in [0, 0.1) is 0 Å². The fourth-order valence-corrected chi connectivity index (χ4v) is 4.44. The molecule has 1 saturated heterocycles. The SMILES string of the molecule is C[C@H](CN1CCC(n2nnc3ccccc32)CC1)NC(=O)c1cnc2ccccc2c1. The van der Waals surface area contributed by atoms with Gasteiger partial charge in [0.1, 0.15) is 5.52 Å². The predicted molar refractivity (Wildman–Crippen MR) is 121 cm³/mol. The Morgan fingerprint density at radius 3 is 2.68 bits per heavy atom. The Hall–Kier alpha value is -3.32. The van der Waals surface area contributed by atoms with Gasteiger partial charge in [0.2, 0.25) is 0 Å². The molecule has 1 aliphatic heterocycles. The average molecular weight is 415 g/mol. The van der Waals surface area contributed by atoms with Crippen molar-refractivity contribution < 1.29 is 4.79 Å². The lowest BCUT2D eigenvalue weighted by molar-refractivity contribution is 0.0920. The molecule has 2 aromatic heterocycles. The topological polar surface area (TPSA) is 75.9 Å². The van der Waals surface area contributed by atoms with Crippen LogP contribution in [0.5, 0.6) is 0 Å². The first kappa shape index (κ1) is 19.6. The van der Waals surface area contributed by atoms with Crippen LogP contribution in [0.4, 0.5) is 0 Å². The number of amides is 1. The highest BCUT2D eigenvalue weighted by Crippen LogP contribution is 2.25. The summed E-state index contributed by atoms with van der Waals surface area (Å²) in [4.78, 5) is 19.5. The molecule has 0 aliphatic carbocycles. The van der Waals surface area contributed by atoms with Crippen molar-refractivity contribution in [2.75, 3.05) is 19.6 Å². The molecule has 0 saturated carbocycles. The molecule has 0 bridgehead atoms. The molecule has 2 aromatic carbocycles. The predicted octanol–water partition coefficient (Wildman–Crippen LogP) is 3.43. The van der Waals surface area contributed by atoms with Gasteiger partial charge in [0.25, 0.3) is 5.91 Å². The Balaban J connectivity index is 1.16. The van der Waals surface area contributed by atoms with E-state index in [-0.39, 0.29) is 11.9 Å². The van der Waals surface area contributed by atoms with E-state index in [1.54, 1.807) is 6.20 Å². The summed E-state index contributed by atoms with van der Waals surface area (Å²) in [6, 6.07) is 18.3. The molecule has 5 rings (SSSR count). The number of carbonyl (C=O) groups excluding carboxylic acids is 1. The molecule has 0 radical (unpaired) electrons. The van der Waals surface area contributed by atoms with Crippen LogP contribution in [0.25, 0.3) is 21.9 Å². The summed E-state index contributed by atoms with van der Waals surface area (Å²) < 4.78 is 2.07. The third-order valence-corrected chi connectivity index (χ3v) is 6.04. The number of fused-ring (bicyclic) bond motifs is 2. The highest BCUT2D eigenvalue weighted by Gasteiger charge is 2.24. The lowest BCUT2D eigenvalue weighted by atomic mass is 10.0. The van der Waals surface area contributed by atoms with Crippen LogP contribution in [0.2, 0.25) is 0 Å². The van der Waals surface area contributed by atoms with E-state index >= 15 is 0 Å². The van der Waals surface area contributed by atoms with E-state index in [0.717, 1.165) is 54.4 Å². The van der Waals surface area contributed by atoms with Crippen LogP contribution in [0.15, 0.2) is 60.8 Å². The summed E-state index contributed by atoms with van der Waals surface area (Å²) in [5.41, 5.74) is 3.55. The van der Waals surface area contributed by atoms with Gasteiger partial charge >= 0.3 is 0 Å². The zero-order valence-electron chi connectivity index (χ0n) is 17.6. The molecule has 7 nitrogen and oxygen atoms in total. The standard InChI is InChI=1S/C24H26N6O/c1-17(26-24(31)19-14-18-6-2-3-7-21(18)25-15-19)16-29-12-10-20(11-13-29)30-23-9-5-4-8-22(23)27-28-30/h2-9,14-15,17,20H,10-13,16H2,1H3,(H,26,31)/t17-/m1/s1. The van der Waals surface area contributed by atoms with Crippen molar-refractivity contribution >= 4 is 27.8 Å². The first-order valence-electron chi connectivity index (χ1n) is 10.9. The highest BCUT2D eigenvalue weighted by molar-refractivity contribution is 5.97. The third kappa shape index (κ3) is 4.14. The second kappa shape index (κ2) is 8.43. The maximum absolute atomic E-state index is 12.7. The first-order valence-corrected chi connectivity index (χ1v) is 10.9. The van der Waals surface area contributed by atoms with Gasteiger partial charge in [-0.25, -0.2) is 4.68 Å². The number of nitrogens with one attached hydrogen (secondary N) is 1. The van der Waals surface area contributed by atoms with E-state index in [0.29, 0.717) is 11.6 Å². The van der Waals surface area contributed by atoms with E-state index in [1.807, 2.05) is 48.5 Å². The molecule has 1 N–H and O–H groups in total. The Bertz CT molecular complexity index is 1210. The maximum atomic E-state index is 12.7. The van der Waals surface area contributed by atoms with E-state index < -0.39 is 0 Å². The van der Waals surface area contributed by atoms with Gasteiger partial charge in [-0.3, -0.25) is 9.78 Å². The summed E-state index contributed by atoms with van der Waals surface area (Å²) in [5, 5.41) is 12.8. The molecule has 0 unspecified atom stereocenters. The molecule has 4 aromatic rings. The van der Waals surface area contributed by atoms with E-state index in [1.165, 1.54) is 0 Å². The lowest BCUT2D eigenvalue weighted by Gasteiger charge is -2.33. The van der Waals surface area contributed by atoms with Gasteiger partial charge in [0, 0.05) is 37.3 Å². The molecule has 7 heteroatoms. The van der Waals surface area contributed by atoms with Gasteiger partial charge < -0.3 is 10.2 Å². The number of piperidine rings is 1. The quantitative estimate of drug-likeness (QED) is 0.541. The third-order valence-electron chi connectivity index (χ3n) is 6.04. The summed E-state index contributed by atoms with van der Waals surface area (Å²) in [5.74, 6) is -0.0743. The Labute approximate surface area is 181 Å². The van der Waals surface area contributed by atoms with Crippen LogP contribution in [0.1, 0.15) is 36.2 Å². The number of carbonyl (C=O) groups is 1. The summed E-state index contributed by atoms with van der Waals surface area (Å²) in [7, 11) is 0. The normalized spacial score (nSPS) is 16.5. The van der Waals surface area contributed by atoms with Gasteiger partial charge in [0.15, 0.2) is 0 Å². The number of benzene rings is 2. The minimum atomic E-state index is -0.0743. The molecule has 31 heavy (non-hydrogen) atoms. The van der Waals surface area contributed by atoms with Crippen molar-refractivity contribution in [3.63, 3.8) is 0 Å². The molecule has 0 spiro atoms. The number of likely N-dealkylation sites (tertiary alicyclic amines) is 1. The minimum absolute atomic E-state index is 0.0581. The summed E-state index contributed by atoms with van der Waals surface area (Å²) in [6.07, 6.45) is 3.71. The molecular formula is C24H26N6O. The van der Waals surface area contributed by atoms with Gasteiger partial charge in [-0.05, 0) is 44.0 Å². The van der Waals surface area contributed by atoms with Gasteiger partial charge in [-0.2, -0.15) is 0 Å². The number of hydrogen-bond acceptors (Lipinski definition) is 5. The van der Waals surface area contributed by atoms with Gasteiger partial charge in [0.05, 0.1) is 22.6 Å². The fourth-order valence-electron chi connectivity index (χ4n) is 4.44. The number of pyridine rings is 1. The number of hydrogen-bond donors (Lipinski definition) is 1. The molecular weight excluding hydrogens is 388 g/mol. The van der Waals surface area contributed by atoms with Gasteiger partial charge in [-0.1, -0.05) is 35.5 Å². The smallest absolute Gasteiger partial charge is 0.253 e. The minimum Gasteiger partial charge on any atom is -0.348 e. The van der Waals surface area contributed by atoms with Crippen molar-refractivity contribution in [1.82, 2.24) is 30.2 Å². The van der Waals surface area contributed by atoms with Crippen molar-refractivity contribution in [2.45, 2.75) is 31.8 Å². The van der Waals surface area contributed by atoms with Crippen molar-refractivity contribution in [2.24, 2.45) is 0 Å². The number of aromatic nitrogens is 4. The summed E-state index contributed by atoms with van der Waals surface area (Å²) in [6.45, 7) is 4.86. The average Bonchev–Trinajstić information content (AvgIpc) is 3.23. The van der Waals surface area contributed by atoms with Gasteiger partial charge in [-0.15, -0.1) is 5.10 Å². The van der Waals surface area contributed by atoms with E-state index in [4.69, 9.17) is 0 Å². The van der Waals surface area contributed by atoms with Crippen LogP contribution < -0.4 is 5.32 Å². The second-order valence-corrected chi connectivity index (χ2v) is 8.35. The monoisotopic (exact) mass is 414 g/mol. The van der Waals surface area contributed by atoms with Crippen molar-refractivity contribution in [3.05, 3.63) is 66.4 Å². The maximum Gasteiger partial charge on any atom is 0.253 e. The van der Waals surface area contributed by atoms with E-state index in [2.05, 4.69) is 43.2 Å². The van der Waals surface area contributed by atoms with Crippen molar-refractivity contribution in [3.8, 4) is 0 Å². The molecule has 158 valence electrons. The first-order chi connectivity index (χ1) is 15.2. The van der Waals surface area contributed by atoms with E-state index in [9.17, 15) is 4.79 Å². The van der Waals surface area contributed by atoms with Crippen LogP contribution in [0.3, 0.4) is 0 Å². The van der Waals surface area contributed by atoms with Crippen molar-refractivity contribution in [1.29, 1.82) is 0 Å². The summed E-state index contributed by atoms with van der Waals surface area (Å²) >= 11 is 0. The molecule has 1 aliphatic rings. The molecule has 1 fully saturated rings. The van der Waals surface area contributed by atoms with Crippen LogP contribution in [-0.2, 0) is 0 Å². The lowest BCUT2D eigenvalue weighted by Crippen LogP contribution is -2.45. The Morgan fingerprint density at radius 1 is 1.10 bits per heavy atom. The molecule has 1 atom stereocenters. The Kier molecular flexibility index (Phi) is 5.34. The number of nitrogens with zero attached hydrogens (tertiary/aromatic N) is 5. The largest absolute Gasteiger partial charge is 0.348 e. The zero-order chi connectivity index (χ0) is 21.2. The Morgan fingerprint density at radius 2 is 1.84 bits per heavy atom. The van der Waals surface area contributed by atoms with Crippen LogP contribution >= 0.6 is 0 Å². The zero-order valence-corrected chi connectivity index (χ0v) is 17.6. The molecule has 1 amide bonds. The second-order valence-electron chi connectivity index (χ2n) is 8.35. The number of para-hydroxylation sites is 2. The fraction of sp³-hybridized carbons (Fsp3) is 0.333.